The normalized spacial score (nSPS) is 18.9. The van der Waals surface area contributed by atoms with Gasteiger partial charge in [0.15, 0.2) is 0 Å². The molecular formula is C10H24N2O. The zero-order valence-electron chi connectivity index (χ0n) is 9.38. The predicted molar refractivity (Wildman–Crippen MR) is 56.9 cm³/mol. The van der Waals surface area contributed by atoms with Gasteiger partial charge in [0.2, 0.25) is 0 Å². The molecule has 0 radical (unpaired) electrons. The molecule has 0 heterocycles. The second-order valence-corrected chi connectivity index (χ2v) is 3.71. The molecule has 0 aromatic carbocycles. The average molecular weight is 188 g/mol. The summed E-state index contributed by atoms with van der Waals surface area (Å²) in [5, 5.41) is 10.3. The second kappa shape index (κ2) is 7.30. The van der Waals surface area contributed by atoms with E-state index in [4.69, 9.17) is 5.11 Å². The zero-order valence-corrected chi connectivity index (χ0v) is 9.38. The van der Waals surface area contributed by atoms with Crippen LogP contribution in [0.5, 0.6) is 0 Å². The molecule has 0 saturated heterocycles. The van der Waals surface area contributed by atoms with Gasteiger partial charge in [-0.1, -0.05) is 6.42 Å². The number of likely N-dealkylation sites (N-methyl/N-ethyl adjacent to an activating group) is 2. The predicted octanol–water partition coefficient (Wildman–Crippen LogP) is 0.687. The highest BCUT2D eigenvalue weighted by atomic mass is 16.2. The molecular weight excluding hydrogens is 164 g/mol. The lowest BCUT2D eigenvalue weighted by Gasteiger charge is -2.36. The Morgan fingerprint density at radius 2 is 2.00 bits per heavy atom. The first-order valence-corrected chi connectivity index (χ1v) is 5.06. The van der Waals surface area contributed by atoms with E-state index in [0.717, 1.165) is 13.2 Å². The van der Waals surface area contributed by atoms with E-state index in [1.807, 2.05) is 7.05 Å². The van der Waals surface area contributed by atoms with Crippen molar-refractivity contribution in [3.05, 3.63) is 0 Å². The van der Waals surface area contributed by atoms with Crippen LogP contribution in [0.3, 0.4) is 0 Å². The van der Waals surface area contributed by atoms with Crippen molar-refractivity contribution in [2.75, 3.05) is 27.7 Å². The Balaban J connectivity index is 0.000000671. The van der Waals surface area contributed by atoms with Crippen molar-refractivity contribution in [2.45, 2.75) is 38.3 Å². The van der Waals surface area contributed by atoms with Gasteiger partial charge in [0.1, 0.15) is 0 Å². The molecule has 0 aromatic heterocycles. The number of aliphatic hydroxyl groups is 1. The Morgan fingerprint density at radius 1 is 1.46 bits per heavy atom. The van der Waals surface area contributed by atoms with E-state index in [0.29, 0.717) is 6.04 Å². The van der Waals surface area contributed by atoms with Crippen molar-refractivity contribution in [1.29, 1.82) is 0 Å². The Labute approximate surface area is 82.1 Å². The second-order valence-electron chi connectivity index (χ2n) is 3.71. The standard InChI is InChI=1S/C9H20N2.CH4O/c1-8(10-2)7-11(3)9-5-4-6-9;1-2/h8-10H,4-7H2,1-3H3;2H,1H3/t8-;/m1./s1. The maximum atomic E-state index is 7.00. The van der Waals surface area contributed by atoms with Crippen molar-refractivity contribution in [1.82, 2.24) is 10.2 Å². The molecule has 1 aliphatic carbocycles. The lowest BCUT2D eigenvalue weighted by molar-refractivity contribution is 0.149. The molecule has 1 atom stereocenters. The maximum Gasteiger partial charge on any atom is 0.0319 e. The van der Waals surface area contributed by atoms with E-state index in [1.165, 1.54) is 25.8 Å². The van der Waals surface area contributed by atoms with E-state index in [9.17, 15) is 0 Å². The van der Waals surface area contributed by atoms with Gasteiger partial charge in [-0.25, -0.2) is 0 Å². The maximum absolute atomic E-state index is 7.00. The number of nitrogens with one attached hydrogen (secondary N) is 1. The van der Waals surface area contributed by atoms with Gasteiger partial charge in [-0.05, 0) is 33.9 Å². The molecule has 1 fully saturated rings. The van der Waals surface area contributed by atoms with Gasteiger partial charge in [-0.15, -0.1) is 0 Å². The van der Waals surface area contributed by atoms with E-state index in [2.05, 4.69) is 24.2 Å². The van der Waals surface area contributed by atoms with Gasteiger partial charge in [0.25, 0.3) is 0 Å². The summed E-state index contributed by atoms with van der Waals surface area (Å²) in [4.78, 5) is 2.48. The quantitative estimate of drug-likeness (QED) is 0.681. The van der Waals surface area contributed by atoms with Crippen LogP contribution in [0.1, 0.15) is 26.2 Å². The highest BCUT2D eigenvalue weighted by Crippen LogP contribution is 2.23. The number of aliphatic hydroxyl groups excluding tert-OH is 1. The number of hydrogen-bond donors (Lipinski definition) is 2. The van der Waals surface area contributed by atoms with Gasteiger partial charge in [-0.3, -0.25) is 0 Å². The molecule has 13 heavy (non-hydrogen) atoms. The van der Waals surface area contributed by atoms with E-state index >= 15 is 0 Å². The van der Waals surface area contributed by atoms with E-state index in [-0.39, 0.29) is 0 Å². The molecule has 0 amide bonds. The fraction of sp³-hybridized carbons (Fsp3) is 1.00. The third-order valence-corrected chi connectivity index (χ3v) is 2.75. The van der Waals surface area contributed by atoms with Crippen LogP contribution < -0.4 is 5.32 Å². The molecule has 1 rings (SSSR count). The van der Waals surface area contributed by atoms with Crippen molar-refractivity contribution < 1.29 is 5.11 Å². The molecule has 0 bridgehead atoms. The van der Waals surface area contributed by atoms with Crippen LogP contribution in [0.25, 0.3) is 0 Å². The lowest BCUT2D eigenvalue weighted by Crippen LogP contribution is -2.43. The lowest BCUT2D eigenvalue weighted by atomic mass is 9.92. The largest absolute Gasteiger partial charge is 0.400 e. The van der Waals surface area contributed by atoms with Crippen LogP contribution in [0, 0.1) is 0 Å². The first kappa shape index (κ1) is 12.9. The highest BCUT2D eigenvalue weighted by molar-refractivity contribution is 4.79. The van der Waals surface area contributed by atoms with Gasteiger partial charge < -0.3 is 15.3 Å². The van der Waals surface area contributed by atoms with Gasteiger partial charge in [-0.2, -0.15) is 0 Å². The fourth-order valence-electron chi connectivity index (χ4n) is 1.50. The molecule has 0 aliphatic heterocycles. The minimum atomic E-state index is 0.626. The fourth-order valence-corrected chi connectivity index (χ4v) is 1.50. The summed E-state index contributed by atoms with van der Waals surface area (Å²) in [5.74, 6) is 0. The number of rotatable bonds is 4. The third-order valence-electron chi connectivity index (χ3n) is 2.75. The molecule has 2 N–H and O–H groups in total. The summed E-state index contributed by atoms with van der Waals surface area (Å²) in [6.45, 7) is 3.41. The molecule has 3 heteroatoms. The van der Waals surface area contributed by atoms with E-state index < -0.39 is 0 Å². The number of hydrogen-bond acceptors (Lipinski definition) is 3. The van der Waals surface area contributed by atoms with Gasteiger partial charge >= 0.3 is 0 Å². The molecule has 0 spiro atoms. The molecule has 0 aromatic rings. The van der Waals surface area contributed by atoms with Crippen LogP contribution >= 0.6 is 0 Å². The Bertz CT molecular complexity index is 115. The van der Waals surface area contributed by atoms with E-state index in [1.54, 1.807) is 0 Å². The Kier molecular flexibility index (Phi) is 7.23. The summed E-state index contributed by atoms with van der Waals surface area (Å²) in [6, 6.07) is 1.51. The molecule has 1 saturated carbocycles. The van der Waals surface area contributed by atoms with Crippen molar-refractivity contribution in [2.24, 2.45) is 0 Å². The topological polar surface area (TPSA) is 35.5 Å². The summed E-state index contributed by atoms with van der Waals surface area (Å²) >= 11 is 0. The monoisotopic (exact) mass is 188 g/mol. The number of nitrogens with zero attached hydrogens (tertiary/aromatic N) is 1. The van der Waals surface area contributed by atoms with Crippen molar-refractivity contribution in [3.8, 4) is 0 Å². The molecule has 80 valence electrons. The zero-order chi connectivity index (χ0) is 10.3. The summed E-state index contributed by atoms with van der Waals surface area (Å²) in [6.07, 6.45) is 4.25. The minimum absolute atomic E-state index is 0.626. The highest BCUT2D eigenvalue weighted by Gasteiger charge is 2.22. The van der Waals surface area contributed by atoms with Crippen LogP contribution in [-0.2, 0) is 0 Å². The van der Waals surface area contributed by atoms with Gasteiger partial charge in [0, 0.05) is 25.7 Å². The Hall–Kier alpha value is -0.120. The van der Waals surface area contributed by atoms with Crippen LogP contribution in [-0.4, -0.2) is 49.8 Å². The van der Waals surface area contributed by atoms with Crippen molar-refractivity contribution in [3.63, 3.8) is 0 Å². The van der Waals surface area contributed by atoms with Crippen LogP contribution in [0.4, 0.5) is 0 Å². The third kappa shape index (κ3) is 4.60. The van der Waals surface area contributed by atoms with Gasteiger partial charge in [0.05, 0.1) is 0 Å². The summed E-state index contributed by atoms with van der Waals surface area (Å²) in [5.41, 5.74) is 0. The SMILES string of the molecule is CN[C@H](C)CN(C)C1CCC1.CO. The summed E-state index contributed by atoms with van der Waals surface area (Å²) < 4.78 is 0. The van der Waals surface area contributed by atoms with Crippen LogP contribution in [0.2, 0.25) is 0 Å². The summed E-state index contributed by atoms with van der Waals surface area (Å²) in [7, 11) is 5.26. The molecule has 0 unspecified atom stereocenters. The van der Waals surface area contributed by atoms with Crippen molar-refractivity contribution >= 4 is 0 Å². The smallest absolute Gasteiger partial charge is 0.0319 e. The molecule has 1 aliphatic rings. The molecule has 3 nitrogen and oxygen atoms in total. The average Bonchev–Trinajstić information content (AvgIpc) is 2.04. The Morgan fingerprint density at radius 3 is 2.31 bits per heavy atom. The minimum Gasteiger partial charge on any atom is -0.400 e. The first-order valence-electron chi connectivity index (χ1n) is 5.06. The first-order chi connectivity index (χ1) is 6.24. The van der Waals surface area contributed by atoms with Crippen LogP contribution in [0.15, 0.2) is 0 Å².